The Morgan fingerprint density at radius 1 is 0.231 bits per heavy atom. The second-order valence-corrected chi connectivity index (χ2v) is 34.6. The molecule has 0 saturated heterocycles. The van der Waals surface area contributed by atoms with Crippen molar-refractivity contribution in [2.45, 2.75) is 411 Å². The zero-order valence-electron chi connectivity index (χ0n) is 76.4. The second kappa shape index (κ2) is 93.8. The number of esters is 3. The number of rotatable bonds is 90. The first-order chi connectivity index (χ1) is 59.2. The fraction of sp³-hybridized carbons (Fsp3) is 0.680. The predicted molar refractivity (Wildman–Crippen MR) is 509 cm³/mol. The summed E-state index contributed by atoms with van der Waals surface area (Å²) in [6.07, 6.45) is 124. The van der Waals surface area contributed by atoms with Crippen molar-refractivity contribution in [3.05, 3.63) is 182 Å². The van der Waals surface area contributed by atoms with Crippen molar-refractivity contribution in [3.8, 4) is 0 Å². The first kappa shape index (κ1) is 116. The van der Waals surface area contributed by atoms with Crippen LogP contribution in [0.3, 0.4) is 0 Å². The Kier molecular flexibility index (Phi) is 89.6. The third kappa shape index (κ3) is 95.2. The zero-order valence-corrected chi connectivity index (χ0v) is 78.2. The van der Waals surface area contributed by atoms with Gasteiger partial charge >= 0.3 is 33.6 Å². The molecule has 692 valence electrons. The largest absolute Gasteiger partial charge is 0.472 e. The Bertz CT molecular complexity index is 2930. The average Bonchev–Trinajstić information content (AvgIpc) is 0.907. The van der Waals surface area contributed by atoms with E-state index in [1.807, 2.05) is 0 Å². The lowest BCUT2D eigenvalue weighted by atomic mass is 10.0. The van der Waals surface area contributed by atoms with E-state index >= 15 is 0 Å². The minimum absolute atomic E-state index is 0.0959. The van der Waals surface area contributed by atoms with Gasteiger partial charge in [0.25, 0.3) is 0 Å². The third-order valence-corrected chi connectivity index (χ3v) is 22.0. The number of aliphatic hydroxyl groups is 2. The highest BCUT2D eigenvalue weighted by Gasteiger charge is 2.30. The van der Waals surface area contributed by atoms with Crippen LogP contribution in [0.5, 0.6) is 0 Å². The van der Waals surface area contributed by atoms with Crippen LogP contribution in [0.4, 0.5) is 0 Å². The standard InChI is InChI=1S/C103H174O16P2/c1-4-7-10-13-16-19-22-25-28-31-34-37-40-43-46-48-51-53-56-59-62-65-68-71-74-77-80-83-86-89-101(106)113-92-98(104)93-115-120(109,110)116-94-99(105)95-117-121(111,112)118-97-100(119-103(108)91-88-85-82-79-76-73-70-67-64-61-58-55-50-45-42-39-36-33-30-27-24-21-18-15-12-9-6-3)96-114-102(107)90-87-84-81-78-75-72-69-66-63-60-57-54-52-49-47-44-41-38-35-32-29-26-23-20-17-14-11-8-5-2/h7-12,16-21,25-30,34-39,43-47,50,98-100,104-105H,4-6,13-15,22-24,31-33,40-42,48-49,51-97H2,1-3H3,(H,109,110)(H,111,112)/b10-7-,11-8-,12-9-,19-16-,20-17-,21-18-,28-25-,29-26-,30-27-,37-34-,38-35-,39-36-,46-43-,47-44-,50-45-. The van der Waals surface area contributed by atoms with Gasteiger partial charge in [-0.1, -0.05) is 402 Å². The number of phosphoric acid groups is 2. The van der Waals surface area contributed by atoms with Gasteiger partial charge in [0.05, 0.1) is 26.4 Å². The molecule has 0 aliphatic heterocycles. The van der Waals surface area contributed by atoms with Gasteiger partial charge in [0.15, 0.2) is 6.10 Å². The summed E-state index contributed by atoms with van der Waals surface area (Å²) < 4.78 is 61.6. The van der Waals surface area contributed by atoms with Crippen molar-refractivity contribution in [2.24, 2.45) is 0 Å². The summed E-state index contributed by atoms with van der Waals surface area (Å²) in [7, 11) is -9.82. The van der Waals surface area contributed by atoms with Crippen LogP contribution >= 0.6 is 15.6 Å². The quantitative estimate of drug-likeness (QED) is 0.0146. The third-order valence-electron chi connectivity index (χ3n) is 20.1. The number of phosphoric ester groups is 2. The highest BCUT2D eigenvalue weighted by atomic mass is 31.2. The van der Waals surface area contributed by atoms with Crippen molar-refractivity contribution in [1.82, 2.24) is 0 Å². The van der Waals surface area contributed by atoms with Crippen LogP contribution in [-0.2, 0) is 55.8 Å². The number of unbranched alkanes of at least 4 members (excludes halogenated alkanes) is 37. The van der Waals surface area contributed by atoms with Gasteiger partial charge in [-0.05, 0) is 154 Å². The van der Waals surface area contributed by atoms with Crippen molar-refractivity contribution in [3.63, 3.8) is 0 Å². The zero-order chi connectivity index (χ0) is 87.9. The summed E-state index contributed by atoms with van der Waals surface area (Å²) in [6, 6.07) is 0. The summed E-state index contributed by atoms with van der Waals surface area (Å²) in [6.45, 7) is 2.39. The maximum Gasteiger partial charge on any atom is 0.472 e. The van der Waals surface area contributed by atoms with E-state index in [0.717, 1.165) is 186 Å². The van der Waals surface area contributed by atoms with E-state index in [-0.39, 0.29) is 19.3 Å². The molecule has 0 spiro atoms. The second-order valence-electron chi connectivity index (χ2n) is 31.7. The number of carbonyl (C=O) groups is 3. The fourth-order valence-corrected chi connectivity index (χ4v) is 14.5. The summed E-state index contributed by atoms with van der Waals surface area (Å²) in [5.41, 5.74) is 0. The van der Waals surface area contributed by atoms with Gasteiger partial charge in [-0.2, -0.15) is 0 Å². The number of aliphatic hydroxyl groups excluding tert-OH is 2. The van der Waals surface area contributed by atoms with E-state index in [4.69, 9.17) is 32.3 Å². The molecule has 4 N–H and O–H groups in total. The molecule has 0 fully saturated rings. The smallest absolute Gasteiger partial charge is 0.463 e. The molecule has 0 aliphatic carbocycles. The lowest BCUT2D eigenvalue weighted by molar-refractivity contribution is -0.161. The van der Waals surface area contributed by atoms with Gasteiger partial charge in [-0.25, -0.2) is 9.13 Å². The van der Waals surface area contributed by atoms with Crippen LogP contribution < -0.4 is 0 Å². The molecule has 0 rings (SSSR count). The first-order valence-electron chi connectivity index (χ1n) is 48.1. The average molecular weight is 1730 g/mol. The highest BCUT2D eigenvalue weighted by Crippen LogP contribution is 2.45. The Labute approximate surface area is 738 Å². The Hall–Kier alpha value is -5.35. The maximum atomic E-state index is 13.1. The Morgan fingerprint density at radius 3 is 0.653 bits per heavy atom. The van der Waals surface area contributed by atoms with Crippen LogP contribution in [0, 0.1) is 0 Å². The van der Waals surface area contributed by atoms with Gasteiger partial charge in [-0.15, -0.1) is 0 Å². The van der Waals surface area contributed by atoms with E-state index in [2.05, 4.69) is 203 Å². The molecule has 0 amide bonds. The van der Waals surface area contributed by atoms with Crippen molar-refractivity contribution in [1.29, 1.82) is 0 Å². The monoisotopic (exact) mass is 1730 g/mol. The van der Waals surface area contributed by atoms with Gasteiger partial charge in [0, 0.05) is 19.3 Å². The van der Waals surface area contributed by atoms with Gasteiger partial charge in [-0.3, -0.25) is 32.5 Å². The molecule has 16 nitrogen and oxygen atoms in total. The summed E-state index contributed by atoms with van der Waals surface area (Å²) >= 11 is 0. The molecule has 0 aromatic carbocycles. The van der Waals surface area contributed by atoms with Crippen LogP contribution in [0.25, 0.3) is 0 Å². The molecule has 5 unspecified atom stereocenters. The SMILES string of the molecule is CC/C=C\C/C=C\C/C=C\C/C=C\C/C=C\CCCCCCCCCCCCCCCC(=O)OCC(O)COP(=O)(O)OCC(O)COP(=O)(O)OCC(COC(=O)CCCCCCCCCCCCCCC/C=C\C/C=C\C/C=C\C/C=C\C/C=C\CC)OC(=O)CCCCCCCCCCCCC/C=C\C/C=C\C/C=C\C/C=C\C/C=C\CC. The topological polar surface area (TPSA) is 231 Å². The molecule has 0 aromatic rings. The van der Waals surface area contributed by atoms with E-state index in [1.165, 1.54) is 148 Å². The molecule has 0 heterocycles. The molecule has 0 saturated carbocycles. The predicted octanol–water partition coefficient (Wildman–Crippen LogP) is 30.0. The number of carbonyl (C=O) groups excluding carboxylic acids is 3. The summed E-state index contributed by atoms with van der Waals surface area (Å²) in [4.78, 5) is 59.1. The van der Waals surface area contributed by atoms with Crippen molar-refractivity contribution >= 4 is 33.6 Å². The first-order valence-corrected chi connectivity index (χ1v) is 51.1. The lowest BCUT2D eigenvalue weighted by Gasteiger charge is -2.21. The fourth-order valence-electron chi connectivity index (χ4n) is 12.9. The van der Waals surface area contributed by atoms with Gasteiger partial charge < -0.3 is 34.2 Å². The molecule has 121 heavy (non-hydrogen) atoms. The molecule has 0 aromatic heterocycles. The van der Waals surface area contributed by atoms with Gasteiger partial charge in [0.2, 0.25) is 0 Å². The Morgan fingerprint density at radius 2 is 0.413 bits per heavy atom. The van der Waals surface area contributed by atoms with Crippen molar-refractivity contribution < 1.29 is 75.8 Å². The highest BCUT2D eigenvalue weighted by molar-refractivity contribution is 7.47. The van der Waals surface area contributed by atoms with E-state index in [9.17, 15) is 43.5 Å². The van der Waals surface area contributed by atoms with E-state index in [1.54, 1.807) is 0 Å². The minimum atomic E-state index is -4.95. The maximum absolute atomic E-state index is 13.1. The molecule has 0 aliphatic rings. The molecular formula is C103H174O16P2. The molecular weight excluding hydrogens is 1560 g/mol. The molecule has 0 bridgehead atoms. The van der Waals surface area contributed by atoms with Crippen LogP contribution in [0.1, 0.15) is 393 Å². The van der Waals surface area contributed by atoms with Gasteiger partial charge in [0.1, 0.15) is 25.4 Å². The molecule has 0 radical (unpaired) electrons. The molecule has 5 atom stereocenters. The minimum Gasteiger partial charge on any atom is -0.463 e. The number of allylic oxidation sites excluding steroid dienone is 30. The summed E-state index contributed by atoms with van der Waals surface area (Å²) in [5, 5.41) is 20.8. The van der Waals surface area contributed by atoms with Crippen LogP contribution in [-0.4, -0.2) is 95.9 Å². The number of hydrogen-bond acceptors (Lipinski definition) is 14. The van der Waals surface area contributed by atoms with Crippen LogP contribution in [0.2, 0.25) is 0 Å². The van der Waals surface area contributed by atoms with E-state index < -0.39 is 91.5 Å². The number of hydrogen-bond donors (Lipinski definition) is 4. The number of ether oxygens (including phenoxy) is 3. The lowest BCUT2D eigenvalue weighted by Crippen LogP contribution is -2.30. The van der Waals surface area contributed by atoms with Crippen molar-refractivity contribution in [2.75, 3.05) is 39.6 Å². The van der Waals surface area contributed by atoms with E-state index in [0.29, 0.717) is 19.3 Å². The normalized spacial score (nSPS) is 14.5. The molecule has 18 heteroatoms. The van der Waals surface area contributed by atoms with Crippen LogP contribution in [0.15, 0.2) is 182 Å². The Balaban J connectivity index is 4.66. The summed E-state index contributed by atoms with van der Waals surface area (Å²) in [5.74, 6) is -1.57.